The highest BCUT2D eigenvalue weighted by Crippen LogP contribution is 2.29. The number of hydrogen-bond acceptors (Lipinski definition) is 7. The molecule has 11 heteroatoms. The van der Waals surface area contributed by atoms with E-state index in [1.165, 1.54) is 16.4 Å². The van der Waals surface area contributed by atoms with Crippen molar-refractivity contribution >= 4 is 21.6 Å². The lowest BCUT2D eigenvalue weighted by atomic mass is 9.97. The second-order valence-electron chi connectivity index (χ2n) is 8.02. The van der Waals surface area contributed by atoms with Crippen molar-refractivity contribution in [2.24, 2.45) is 5.92 Å². The van der Waals surface area contributed by atoms with E-state index in [1.54, 1.807) is 20.1 Å². The van der Waals surface area contributed by atoms with Crippen LogP contribution in [0.4, 0.5) is 5.69 Å². The van der Waals surface area contributed by atoms with Gasteiger partial charge < -0.3 is 14.8 Å². The van der Waals surface area contributed by atoms with E-state index < -0.39 is 14.9 Å². The van der Waals surface area contributed by atoms with Gasteiger partial charge in [0, 0.05) is 37.7 Å². The van der Waals surface area contributed by atoms with Crippen LogP contribution in [0, 0.1) is 23.0 Å². The highest BCUT2D eigenvalue weighted by Gasteiger charge is 2.33. The number of nitro benzene ring substituents is 1. The van der Waals surface area contributed by atoms with Gasteiger partial charge in [-0.05, 0) is 49.9 Å². The van der Waals surface area contributed by atoms with E-state index in [0.717, 1.165) is 11.6 Å². The molecule has 0 saturated carbocycles. The Labute approximate surface area is 199 Å². The molecule has 0 atom stereocenters. The van der Waals surface area contributed by atoms with Crippen LogP contribution in [0.2, 0.25) is 0 Å². The van der Waals surface area contributed by atoms with Gasteiger partial charge in [0.05, 0.1) is 23.5 Å². The maximum absolute atomic E-state index is 13.1. The molecule has 0 unspecified atom stereocenters. The third kappa shape index (κ3) is 5.65. The molecule has 1 fully saturated rings. The first-order valence-electron chi connectivity index (χ1n) is 11.0. The number of hydrogen-bond donors (Lipinski definition) is 1. The van der Waals surface area contributed by atoms with E-state index in [1.807, 2.05) is 19.1 Å². The monoisotopic (exact) mass is 491 g/mol. The van der Waals surface area contributed by atoms with Crippen molar-refractivity contribution in [3.05, 3.63) is 57.6 Å². The predicted molar refractivity (Wildman–Crippen MR) is 125 cm³/mol. The van der Waals surface area contributed by atoms with E-state index in [-0.39, 0.29) is 35.5 Å². The number of aryl methyl sites for hydroxylation is 1. The molecule has 0 spiro atoms. The Kier molecular flexibility index (Phi) is 8.11. The zero-order valence-electron chi connectivity index (χ0n) is 19.4. The zero-order valence-corrected chi connectivity index (χ0v) is 20.3. The van der Waals surface area contributed by atoms with Gasteiger partial charge in [-0.2, -0.15) is 4.31 Å². The van der Waals surface area contributed by atoms with Crippen molar-refractivity contribution in [1.82, 2.24) is 9.62 Å². The molecule has 1 saturated heterocycles. The molecule has 34 heavy (non-hydrogen) atoms. The second-order valence-corrected chi connectivity index (χ2v) is 9.93. The Morgan fingerprint density at radius 2 is 1.88 bits per heavy atom. The molecule has 3 rings (SSSR count). The van der Waals surface area contributed by atoms with Crippen LogP contribution in [0.3, 0.4) is 0 Å². The van der Waals surface area contributed by atoms with Crippen LogP contribution in [-0.2, 0) is 21.4 Å². The SMILES string of the molecule is CCOc1ccc(CNC(=O)C2CCN(S(=O)(=O)c3cc([N+](=O)[O-])ccc3C)CC2)cc1OC. The van der Waals surface area contributed by atoms with Gasteiger partial charge in [0.2, 0.25) is 15.9 Å². The van der Waals surface area contributed by atoms with E-state index >= 15 is 0 Å². The molecule has 184 valence electrons. The van der Waals surface area contributed by atoms with Crippen LogP contribution in [0.25, 0.3) is 0 Å². The van der Waals surface area contributed by atoms with Crippen molar-refractivity contribution in [3.63, 3.8) is 0 Å². The molecule has 1 aliphatic rings. The minimum Gasteiger partial charge on any atom is -0.493 e. The molecule has 1 amide bonds. The molecule has 0 radical (unpaired) electrons. The summed E-state index contributed by atoms with van der Waals surface area (Å²) in [4.78, 5) is 23.1. The molecule has 0 bridgehead atoms. The van der Waals surface area contributed by atoms with Crippen LogP contribution in [0.1, 0.15) is 30.9 Å². The number of carbonyl (C=O) groups is 1. The van der Waals surface area contributed by atoms with E-state index in [0.29, 0.717) is 43.1 Å². The summed E-state index contributed by atoms with van der Waals surface area (Å²) in [5, 5.41) is 14.0. The highest BCUT2D eigenvalue weighted by molar-refractivity contribution is 7.89. The maximum atomic E-state index is 13.1. The summed E-state index contributed by atoms with van der Waals surface area (Å²) in [5.41, 5.74) is 1.02. The summed E-state index contributed by atoms with van der Waals surface area (Å²) in [7, 11) is -2.35. The molecule has 0 aromatic heterocycles. The molecule has 1 heterocycles. The number of amides is 1. The van der Waals surface area contributed by atoms with Crippen molar-refractivity contribution in [1.29, 1.82) is 0 Å². The molecule has 1 aliphatic heterocycles. The Hall–Kier alpha value is -3.18. The standard InChI is InChI=1S/C23H29N3O7S/c1-4-33-20-8-6-17(13-21(20)32-3)15-24-23(27)18-9-11-25(12-10-18)34(30,31)22-14-19(26(28)29)7-5-16(22)2/h5-8,13-14,18H,4,9-12,15H2,1-3H3,(H,24,27). The molecule has 10 nitrogen and oxygen atoms in total. The van der Waals surface area contributed by atoms with E-state index in [2.05, 4.69) is 5.32 Å². The fourth-order valence-corrected chi connectivity index (χ4v) is 5.62. The van der Waals surface area contributed by atoms with E-state index in [9.17, 15) is 23.3 Å². The Bertz CT molecular complexity index is 1160. The first kappa shape index (κ1) is 25.4. The van der Waals surface area contributed by atoms with Gasteiger partial charge in [0.15, 0.2) is 11.5 Å². The largest absolute Gasteiger partial charge is 0.493 e. The number of rotatable bonds is 9. The van der Waals surface area contributed by atoms with Crippen molar-refractivity contribution in [2.45, 2.75) is 38.1 Å². The summed E-state index contributed by atoms with van der Waals surface area (Å²) < 4.78 is 38.3. The Balaban J connectivity index is 1.60. The molecule has 1 N–H and O–H groups in total. The normalized spacial score (nSPS) is 15.0. The van der Waals surface area contributed by atoms with Gasteiger partial charge in [-0.3, -0.25) is 14.9 Å². The summed E-state index contributed by atoms with van der Waals surface area (Å²) in [5.74, 6) is 0.759. The lowest BCUT2D eigenvalue weighted by Crippen LogP contribution is -2.43. The number of methoxy groups -OCH3 is 1. The smallest absolute Gasteiger partial charge is 0.270 e. The fourth-order valence-electron chi connectivity index (χ4n) is 3.91. The minimum atomic E-state index is -3.90. The number of non-ortho nitro benzene ring substituents is 1. The lowest BCUT2D eigenvalue weighted by molar-refractivity contribution is -0.385. The van der Waals surface area contributed by atoms with Crippen LogP contribution in [-0.4, -0.2) is 50.4 Å². The topological polar surface area (TPSA) is 128 Å². The number of piperidine rings is 1. The Morgan fingerprint density at radius 3 is 2.50 bits per heavy atom. The number of ether oxygens (including phenoxy) is 2. The van der Waals surface area contributed by atoms with Crippen LogP contribution >= 0.6 is 0 Å². The predicted octanol–water partition coefficient (Wildman–Crippen LogP) is 3.03. The second kappa shape index (κ2) is 10.8. The van der Waals surface area contributed by atoms with Crippen molar-refractivity contribution < 1.29 is 27.6 Å². The van der Waals surface area contributed by atoms with Crippen LogP contribution < -0.4 is 14.8 Å². The lowest BCUT2D eigenvalue weighted by Gasteiger charge is -2.31. The third-order valence-electron chi connectivity index (χ3n) is 5.82. The van der Waals surface area contributed by atoms with Gasteiger partial charge in [-0.25, -0.2) is 8.42 Å². The quantitative estimate of drug-likeness (QED) is 0.422. The third-order valence-corrected chi connectivity index (χ3v) is 7.86. The zero-order chi connectivity index (χ0) is 24.9. The van der Waals surface area contributed by atoms with Gasteiger partial charge >= 0.3 is 0 Å². The summed E-state index contributed by atoms with van der Waals surface area (Å²) in [6.07, 6.45) is 0.733. The molecular weight excluding hydrogens is 462 g/mol. The first-order valence-corrected chi connectivity index (χ1v) is 12.4. The molecule has 0 aliphatic carbocycles. The molecule has 2 aromatic carbocycles. The van der Waals surface area contributed by atoms with Gasteiger partial charge in [-0.15, -0.1) is 0 Å². The number of carbonyl (C=O) groups excluding carboxylic acids is 1. The highest BCUT2D eigenvalue weighted by atomic mass is 32.2. The number of nitrogens with zero attached hydrogens (tertiary/aromatic N) is 2. The van der Waals surface area contributed by atoms with Gasteiger partial charge in [-0.1, -0.05) is 12.1 Å². The molecule has 2 aromatic rings. The average Bonchev–Trinajstić information content (AvgIpc) is 2.83. The fraction of sp³-hybridized carbons (Fsp3) is 0.435. The first-order chi connectivity index (χ1) is 16.2. The van der Waals surface area contributed by atoms with Crippen molar-refractivity contribution in [2.75, 3.05) is 26.8 Å². The van der Waals surface area contributed by atoms with Gasteiger partial charge in [0.1, 0.15) is 0 Å². The number of nitro groups is 1. The maximum Gasteiger partial charge on any atom is 0.270 e. The summed E-state index contributed by atoms with van der Waals surface area (Å²) in [6.45, 7) is 4.65. The molecular formula is C23H29N3O7S. The van der Waals surface area contributed by atoms with Gasteiger partial charge in [0.25, 0.3) is 5.69 Å². The number of sulfonamides is 1. The van der Waals surface area contributed by atoms with Crippen LogP contribution in [0.5, 0.6) is 11.5 Å². The van der Waals surface area contributed by atoms with Crippen molar-refractivity contribution in [3.8, 4) is 11.5 Å². The minimum absolute atomic E-state index is 0.0750. The summed E-state index contributed by atoms with van der Waals surface area (Å²) in [6, 6.07) is 9.26. The van der Waals surface area contributed by atoms with E-state index in [4.69, 9.17) is 9.47 Å². The number of nitrogens with one attached hydrogen (secondary N) is 1. The van der Waals surface area contributed by atoms with Crippen LogP contribution in [0.15, 0.2) is 41.3 Å². The number of benzene rings is 2. The Morgan fingerprint density at radius 1 is 1.18 bits per heavy atom. The summed E-state index contributed by atoms with van der Waals surface area (Å²) >= 11 is 0. The average molecular weight is 492 g/mol.